The second-order valence-electron chi connectivity index (χ2n) is 1.23. The Morgan fingerprint density at radius 3 is 2.62 bits per heavy atom. The summed E-state index contributed by atoms with van der Waals surface area (Å²) >= 11 is -2.17. The monoisotopic (exact) mass is 133 g/mol. The van der Waals surface area contributed by atoms with Crippen molar-refractivity contribution < 1.29 is 13.6 Å². The third-order valence-corrected chi connectivity index (χ3v) is 1.31. The second-order valence-corrected chi connectivity index (χ2v) is 2.49. The van der Waals surface area contributed by atoms with Gasteiger partial charge in [0, 0.05) is 0 Å². The summed E-state index contributed by atoms with van der Waals surface area (Å²) in [5.41, 5.74) is 7.78. The maximum Gasteiger partial charge on any atom is 0.271 e. The molecule has 0 heterocycles. The molecule has 0 bridgehead atoms. The highest BCUT2D eigenvalue weighted by Crippen LogP contribution is 1.83. The van der Waals surface area contributed by atoms with Crippen molar-refractivity contribution in [2.45, 2.75) is 12.2 Å². The molecule has 8 heavy (non-hydrogen) atoms. The lowest BCUT2D eigenvalue weighted by Crippen LogP contribution is -2.11. The van der Waals surface area contributed by atoms with Crippen molar-refractivity contribution in [3.05, 3.63) is 5.53 Å². The van der Waals surface area contributed by atoms with Gasteiger partial charge in [0.2, 0.25) is 0 Å². The summed E-state index contributed by atoms with van der Waals surface area (Å²) < 4.78 is 19.8. The Hall–Kier alpha value is -0.510. The fourth-order valence-corrected chi connectivity index (χ4v) is 0.297. The predicted octanol–water partition coefficient (Wildman–Crippen LogP) is -0.445. The fourth-order valence-electron chi connectivity index (χ4n) is 0.144. The van der Waals surface area contributed by atoms with Crippen LogP contribution in [0.1, 0.15) is 6.92 Å². The zero-order valence-corrected chi connectivity index (χ0v) is 5.09. The van der Waals surface area contributed by atoms with Gasteiger partial charge in [0.1, 0.15) is 5.25 Å². The maximum absolute atomic E-state index is 9.89. The van der Waals surface area contributed by atoms with Gasteiger partial charge in [0.15, 0.2) is 0 Å². The van der Waals surface area contributed by atoms with Gasteiger partial charge in [-0.3, -0.25) is 4.21 Å². The van der Waals surface area contributed by atoms with Crippen LogP contribution >= 0.6 is 0 Å². The molecule has 5 heteroatoms. The van der Waals surface area contributed by atoms with Crippen LogP contribution in [-0.4, -0.2) is 25.0 Å². The largest absolute Gasteiger partial charge is 0.772 e. The van der Waals surface area contributed by atoms with E-state index in [1.807, 2.05) is 0 Å². The van der Waals surface area contributed by atoms with E-state index in [0.29, 0.717) is 0 Å². The highest BCUT2D eigenvalue weighted by atomic mass is 32.2. The number of hydrogen-bond donors (Lipinski definition) is 0. The second kappa shape index (κ2) is 3.49. The Balaban J connectivity index is 3.82. The highest BCUT2D eigenvalue weighted by Gasteiger charge is 1.99. The zero-order valence-electron chi connectivity index (χ0n) is 4.27. The highest BCUT2D eigenvalue weighted by molar-refractivity contribution is 7.80. The van der Waals surface area contributed by atoms with E-state index in [1.165, 1.54) is 6.92 Å². The first-order chi connectivity index (χ1) is 3.68. The van der Waals surface area contributed by atoms with Gasteiger partial charge in [-0.2, -0.15) is 4.79 Å². The van der Waals surface area contributed by atoms with E-state index in [1.54, 1.807) is 0 Å². The molecule has 0 aromatic carbocycles. The van der Waals surface area contributed by atoms with Gasteiger partial charge in [0.25, 0.3) is 6.21 Å². The van der Waals surface area contributed by atoms with Crippen LogP contribution in [0.5, 0.6) is 0 Å². The van der Waals surface area contributed by atoms with Gasteiger partial charge in [-0.25, -0.2) is 0 Å². The molecule has 2 atom stereocenters. The third kappa shape index (κ3) is 2.63. The smallest absolute Gasteiger partial charge is 0.271 e. The summed E-state index contributed by atoms with van der Waals surface area (Å²) in [7, 11) is 0. The molecule has 0 amide bonds. The summed E-state index contributed by atoms with van der Waals surface area (Å²) in [6.07, 6.45) is 0.934. The van der Waals surface area contributed by atoms with Crippen molar-refractivity contribution in [1.29, 1.82) is 0 Å². The van der Waals surface area contributed by atoms with E-state index in [0.717, 1.165) is 6.21 Å². The van der Waals surface area contributed by atoms with Gasteiger partial charge in [0.05, 0.1) is 0 Å². The minimum atomic E-state index is -2.17. The summed E-state index contributed by atoms with van der Waals surface area (Å²) in [5, 5.41) is -0.708. The van der Waals surface area contributed by atoms with E-state index in [2.05, 4.69) is 4.79 Å². The minimum Gasteiger partial charge on any atom is -0.772 e. The van der Waals surface area contributed by atoms with Crippen LogP contribution in [0.15, 0.2) is 0 Å². The van der Waals surface area contributed by atoms with Crippen molar-refractivity contribution in [1.82, 2.24) is 0 Å². The molecule has 0 aromatic rings. The molecular formula is C3H5N2O2S-. The van der Waals surface area contributed by atoms with E-state index in [9.17, 15) is 8.76 Å². The first kappa shape index (κ1) is 7.49. The summed E-state index contributed by atoms with van der Waals surface area (Å²) in [4.78, 5) is 2.54. The molecule has 0 aromatic heterocycles. The lowest BCUT2D eigenvalue weighted by atomic mass is 10.5. The lowest BCUT2D eigenvalue weighted by Gasteiger charge is -2.02. The summed E-state index contributed by atoms with van der Waals surface area (Å²) in [6, 6.07) is 0. The van der Waals surface area contributed by atoms with Gasteiger partial charge < -0.3 is 10.1 Å². The van der Waals surface area contributed by atoms with Gasteiger partial charge in [-0.15, -0.1) is 0 Å². The van der Waals surface area contributed by atoms with Crippen LogP contribution in [0.3, 0.4) is 0 Å². The van der Waals surface area contributed by atoms with E-state index < -0.39 is 16.3 Å². The van der Waals surface area contributed by atoms with Crippen molar-refractivity contribution in [3.63, 3.8) is 0 Å². The lowest BCUT2D eigenvalue weighted by molar-refractivity contribution is 0.00150. The molecule has 0 fully saturated rings. The summed E-state index contributed by atoms with van der Waals surface area (Å²) in [6.45, 7) is 1.41. The first-order valence-corrected chi connectivity index (χ1v) is 3.08. The molecule has 4 nitrogen and oxygen atoms in total. The molecule has 0 saturated heterocycles. The Morgan fingerprint density at radius 2 is 2.50 bits per heavy atom. The van der Waals surface area contributed by atoms with Crippen molar-refractivity contribution >= 4 is 17.3 Å². The molecular weight excluding hydrogens is 128 g/mol. The third-order valence-electron chi connectivity index (χ3n) is 0.580. The molecule has 2 unspecified atom stereocenters. The Labute approximate surface area is 49.4 Å². The van der Waals surface area contributed by atoms with Crippen LogP contribution in [0.25, 0.3) is 5.53 Å². The normalized spacial score (nSPS) is 16.2. The number of hydrogen-bond acceptors (Lipinski definition) is 2. The molecule has 0 aliphatic heterocycles. The SMILES string of the molecule is CC(C=[N+]=[N-])S(=O)[O-]. The average Bonchev–Trinajstić information content (AvgIpc) is 1.67. The molecule has 0 rings (SSSR count). The van der Waals surface area contributed by atoms with Crippen LogP contribution in [0.4, 0.5) is 0 Å². The molecule has 0 radical (unpaired) electrons. The summed E-state index contributed by atoms with van der Waals surface area (Å²) in [5.74, 6) is 0. The molecule has 0 N–H and O–H groups in total. The van der Waals surface area contributed by atoms with Gasteiger partial charge in [-0.05, 0) is 18.0 Å². The van der Waals surface area contributed by atoms with Crippen molar-refractivity contribution in [2.75, 3.05) is 0 Å². The van der Waals surface area contributed by atoms with Gasteiger partial charge >= 0.3 is 0 Å². The quantitative estimate of drug-likeness (QED) is 0.221. The van der Waals surface area contributed by atoms with Crippen LogP contribution < -0.4 is 0 Å². The van der Waals surface area contributed by atoms with E-state index in [4.69, 9.17) is 5.53 Å². The maximum atomic E-state index is 9.89. The fraction of sp³-hybridized carbons (Fsp3) is 0.667. The Bertz CT molecular complexity index is 138. The average molecular weight is 133 g/mol. The Kier molecular flexibility index (Phi) is 3.26. The van der Waals surface area contributed by atoms with Gasteiger partial charge in [-0.1, -0.05) is 0 Å². The number of rotatable bonds is 2. The molecule has 46 valence electrons. The molecule has 0 aliphatic carbocycles. The standard InChI is InChI=1S/C3H6N2O2S/c1-3(2-5-4)8(6)7/h2-3H,1H3,(H,6,7)/p-1. The zero-order chi connectivity index (χ0) is 6.57. The predicted molar refractivity (Wildman–Crippen MR) is 28.1 cm³/mol. The first-order valence-electron chi connectivity index (χ1n) is 1.94. The van der Waals surface area contributed by atoms with E-state index in [-0.39, 0.29) is 0 Å². The van der Waals surface area contributed by atoms with E-state index >= 15 is 0 Å². The molecule has 0 aliphatic rings. The van der Waals surface area contributed by atoms with Crippen LogP contribution in [-0.2, 0) is 11.1 Å². The molecule has 0 spiro atoms. The minimum absolute atomic E-state index is 0.708. The topological polar surface area (TPSA) is 76.5 Å². The van der Waals surface area contributed by atoms with Crippen LogP contribution in [0, 0.1) is 0 Å². The van der Waals surface area contributed by atoms with Crippen molar-refractivity contribution in [2.24, 2.45) is 0 Å². The molecule has 0 saturated carbocycles. The Morgan fingerprint density at radius 1 is 2.00 bits per heavy atom. The van der Waals surface area contributed by atoms with Crippen LogP contribution in [0.2, 0.25) is 0 Å². The number of nitrogens with zero attached hydrogens (tertiary/aromatic N) is 2. The van der Waals surface area contributed by atoms with Crippen molar-refractivity contribution in [3.8, 4) is 0 Å².